The van der Waals surface area contributed by atoms with Gasteiger partial charge in [-0.3, -0.25) is 4.90 Å². The summed E-state index contributed by atoms with van der Waals surface area (Å²) in [5, 5.41) is 12.7. The van der Waals surface area contributed by atoms with Crippen LogP contribution in [0.5, 0.6) is 0 Å². The molecule has 1 fully saturated rings. The van der Waals surface area contributed by atoms with Gasteiger partial charge in [0.1, 0.15) is 11.8 Å². The van der Waals surface area contributed by atoms with Crippen LogP contribution in [0, 0.1) is 23.0 Å². The number of benzene rings is 1. The van der Waals surface area contributed by atoms with E-state index in [4.69, 9.17) is 14.5 Å². The summed E-state index contributed by atoms with van der Waals surface area (Å²) in [5.41, 5.74) is -0.111. The van der Waals surface area contributed by atoms with E-state index in [0.29, 0.717) is 51.0 Å². The number of anilines is 1. The number of halogens is 2. The van der Waals surface area contributed by atoms with Crippen LogP contribution in [0.2, 0.25) is 0 Å². The zero-order chi connectivity index (χ0) is 19.4. The Kier molecular flexibility index (Phi) is 5.98. The molecule has 2 heterocycles. The van der Waals surface area contributed by atoms with Crippen LogP contribution in [0.3, 0.4) is 0 Å². The van der Waals surface area contributed by atoms with Crippen molar-refractivity contribution in [1.82, 2.24) is 15.0 Å². The standard InChI is InChI=1S/C18H21F2N5O2/c1-3-26-12(2)18-22-16(27-23-18)11-24-4-6-25(7-5-24)17-14(19)8-13(10-21)9-15(17)20/h8-9,12H,3-7,11H2,1-2H3. The van der Waals surface area contributed by atoms with E-state index in [0.717, 1.165) is 12.1 Å². The predicted molar refractivity (Wildman–Crippen MR) is 92.9 cm³/mol. The molecule has 1 saturated heterocycles. The van der Waals surface area contributed by atoms with Crippen molar-refractivity contribution < 1.29 is 18.0 Å². The van der Waals surface area contributed by atoms with Gasteiger partial charge in [-0.2, -0.15) is 10.2 Å². The summed E-state index contributed by atoms with van der Waals surface area (Å²) < 4.78 is 39.1. The Hall–Kier alpha value is -2.57. The normalized spacial score (nSPS) is 16.3. The third kappa shape index (κ3) is 4.40. The molecule has 1 aliphatic rings. The molecule has 1 aliphatic heterocycles. The Morgan fingerprint density at radius 1 is 1.26 bits per heavy atom. The van der Waals surface area contributed by atoms with Crippen LogP contribution < -0.4 is 4.90 Å². The molecule has 2 aromatic rings. The van der Waals surface area contributed by atoms with Crippen LogP contribution >= 0.6 is 0 Å². The average molecular weight is 377 g/mol. The zero-order valence-corrected chi connectivity index (χ0v) is 15.3. The first-order valence-corrected chi connectivity index (χ1v) is 8.82. The van der Waals surface area contributed by atoms with Gasteiger partial charge >= 0.3 is 0 Å². The van der Waals surface area contributed by atoms with Crippen molar-refractivity contribution in [1.29, 1.82) is 5.26 Å². The number of rotatable bonds is 6. The summed E-state index contributed by atoms with van der Waals surface area (Å²) in [6.07, 6.45) is -0.230. The molecule has 0 bridgehead atoms. The van der Waals surface area contributed by atoms with Crippen LogP contribution in [-0.4, -0.2) is 47.8 Å². The molecule has 1 aromatic carbocycles. The number of aromatic nitrogens is 2. The van der Waals surface area contributed by atoms with Gasteiger partial charge in [0, 0.05) is 32.8 Å². The van der Waals surface area contributed by atoms with Gasteiger partial charge in [-0.15, -0.1) is 0 Å². The van der Waals surface area contributed by atoms with Crippen molar-refractivity contribution in [3.8, 4) is 6.07 Å². The predicted octanol–water partition coefficient (Wildman–Crippen LogP) is 2.64. The van der Waals surface area contributed by atoms with E-state index >= 15 is 0 Å². The lowest BCUT2D eigenvalue weighted by Gasteiger charge is -2.35. The first-order valence-electron chi connectivity index (χ1n) is 8.82. The maximum absolute atomic E-state index is 14.2. The molecular formula is C18H21F2N5O2. The van der Waals surface area contributed by atoms with E-state index in [1.807, 2.05) is 13.8 Å². The number of piperazine rings is 1. The van der Waals surface area contributed by atoms with Crippen molar-refractivity contribution in [3.63, 3.8) is 0 Å². The molecule has 0 saturated carbocycles. The number of ether oxygens (including phenoxy) is 1. The Morgan fingerprint density at radius 2 is 1.93 bits per heavy atom. The number of nitrogens with zero attached hydrogens (tertiary/aromatic N) is 5. The summed E-state index contributed by atoms with van der Waals surface area (Å²) in [6.45, 7) is 6.89. The van der Waals surface area contributed by atoms with Crippen molar-refractivity contribution in [2.45, 2.75) is 26.5 Å². The summed E-state index contributed by atoms with van der Waals surface area (Å²) in [7, 11) is 0. The van der Waals surface area contributed by atoms with E-state index in [1.54, 1.807) is 11.0 Å². The van der Waals surface area contributed by atoms with Crippen LogP contribution in [0.4, 0.5) is 14.5 Å². The van der Waals surface area contributed by atoms with Gasteiger partial charge in [0.15, 0.2) is 17.5 Å². The maximum Gasteiger partial charge on any atom is 0.240 e. The second-order valence-electron chi connectivity index (χ2n) is 6.31. The van der Waals surface area contributed by atoms with E-state index < -0.39 is 11.6 Å². The molecule has 7 nitrogen and oxygen atoms in total. The highest BCUT2D eigenvalue weighted by molar-refractivity contribution is 5.53. The van der Waals surface area contributed by atoms with E-state index in [1.165, 1.54) is 0 Å². The molecule has 0 N–H and O–H groups in total. The molecule has 3 rings (SSSR count). The smallest absolute Gasteiger partial charge is 0.240 e. The minimum Gasteiger partial charge on any atom is -0.371 e. The third-order valence-corrected chi connectivity index (χ3v) is 4.46. The fourth-order valence-corrected chi connectivity index (χ4v) is 3.07. The second-order valence-corrected chi connectivity index (χ2v) is 6.31. The van der Waals surface area contributed by atoms with E-state index in [-0.39, 0.29) is 17.4 Å². The highest BCUT2D eigenvalue weighted by Crippen LogP contribution is 2.26. The van der Waals surface area contributed by atoms with Crippen LogP contribution in [0.1, 0.15) is 37.2 Å². The van der Waals surface area contributed by atoms with Crippen LogP contribution in [0.15, 0.2) is 16.7 Å². The molecule has 1 unspecified atom stereocenters. The van der Waals surface area contributed by atoms with Gasteiger partial charge in [-0.05, 0) is 26.0 Å². The van der Waals surface area contributed by atoms with E-state index in [9.17, 15) is 8.78 Å². The summed E-state index contributed by atoms with van der Waals surface area (Å²) in [5.74, 6) is -0.439. The minimum absolute atomic E-state index is 0.0270. The molecular weight excluding hydrogens is 356 g/mol. The molecule has 1 atom stereocenters. The van der Waals surface area contributed by atoms with Gasteiger partial charge in [-0.25, -0.2) is 8.78 Å². The largest absolute Gasteiger partial charge is 0.371 e. The molecule has 0 spiro atoms. The van der Waals surface area contributed by atoms with Crippen molar-refractivity contribution >= 4 is 5.69 Å². The summed E-state index contributed by atoms with van der Waals surface area (Å²) in [6, 6.07) is 3.87. The maximum atomic E-state index is 14.2. The monoisotopic (exact) mass is 377 g/mol. The number of hydrogen-bond donors (Lipinski definition) is 0. The Bertz CT molecular complexity index is 804. The fourth-order valence-electron chi connectivity index (χ4n) is 3.07. The van der Waals surface area contributed by atoms with Gasteiger partial charge in [0.05, 0.1) is 18.2 Å². The van der Waals surface area contributed by atoms with E-state index in [2.05, 4.69) is 15.0 Å². The molecule has 0 radical (unpaired) electrons. The topological polar surface area (TPSA) is 78.4 Å². The fraction of sp³-hybridized carbons (Fsp3) is 0.500. The third-order valence-electron chi connectivity index (χ3n) is 4.46. The lowest BCUT2D eigenvalue weighted by atomic mass is 10.1. The van der Waals surface area contributed by atoms with Gasteiger partial charge < -0.3 is 14.2 Å². The molecule has 1 aromatic heterocycles. The Labute approximate surface area is 156 Å². The molecule has 0 amide bonds. The summed E-state index contributed by atoms with van der Waals surface area (Å²) >= 11 is 0. The Morgan fingerprint density at radius 3 is 2.52 bits per heavy atom. The van der Waals surface area contributed by atoms with Gasteiger partial charge in [0.25, 0.3) is 0 Å². The van der Waals surface area contributed by atoms with Crippen molar-refractivity contribution in [2.24, 2.45) is 0 Å². The first kappa shape index (κ1) is 19.2. The average Bonchev–Trinajstić information content (AvgIpc) is 3.11. The number of nitriles is 1. The van der Waals surface area contributed by atoms with Crippen molar-refractivity contribution in [3.05, 3.63) is 41.0 Å². The quantitative estimate of drug-likeness (QED) is 0.766. The second kappa shape index (κ2) is 8.41. The first-order chi connectivity index (χ1) is 13.0. The molecule has 27 heavy (non-hydrogen) atoms. The number of hydrogen-bond acceptors (Lipinski definition) is 7. The highest BCUT2D eigenvalue weighted by Gasteiger charge is 2.24. The van der Waals surface area contributed by atoms with Gasteiger partial charge in [0.2, 0.25) is 5.89 Å². The lowest BCUT2D eigenvalue weighted by molar-refractivity contribution is 0.0683. The molecule has 0 aliphatic carbocycles. The summed E-state index contributed by atoms with van der Waals surface area (Å²) in [4.78, 5) is 8.07. The van der Waals surface area contributed by atoms with Crippen LogP contribution in [-0.2, 0) is 11.3 Å². The Balaban J connectivity index is 1.59. The van der Waals surface area contributed by atoms with Gasteiger partial charge in [-0.1, -0.05) is 5.16 Å². The lowest BCUT2D eigenvalue weighted by Crippen LogP contribution is -2.46. The zero-order valence-electron chi connectivity index (χ0n) is 15.3. The highest BCUT2D eigenvalue weighted by atomic mass is 19.1. The van der Waals surface area contributed by atoms with Crippen LogP contribution in [0.25, 0.3) is 0 Å². The molecule has 144 valence electrons. The SMILES string of the molecule is CCOC(C)c1noc(CN2CCN(c3c(F)cc(C#N)cc3F)CC2)n1. The molecule has 9 heteroatoms. The van der Waals surface area contributed by atoms with Crippen molar-refractivity contribution in [2.75, 3.05) is 37.7 Å². The minimum atomic E-state index is -0.716.